The van der Waals surface area contributed by atoms with Gasteiger partial charge in [0.25, 0.3) is 5.91 Å². The smallest absolute Gasteiger partial charge is 0.251 e. The number of carbonyl (C=O) groups excluding carboxylic acids is 3. The summed E-state index contributed by atoms with van der Waals surface area (Å²) in [6.07, 6.45) is 4.26. The van der Waals surface area contributed by atoms with Gasteiger partial charge in [-0.05, 0) is 56.0 Å². The average molecular weight is 649 g/mol. The van der Waals surface area contributed by atoms with Crippen LogP contribution in [0.3, 0.4) is 0 Å². The van der Waals surface area contributed by atoms with E-state index in [0.717, 1.165) is 64.1 Å². The number of likely N-dealkylation sites (tertiary alicyclic amines) is 1. The molecular weight excluding hydrogens is 601 g/mol. The number of nitrogens with zero attached hydrogens (tertiary/aromatic N) is 3. The minimum Gasteiger partial charge on any atom is -0.377 e. The Morgan fingerprint density at radius 2 is 1.66 bits per heavy atom. The number of carbonyl (C=O) groups is 3. The van der Waals surface area contributed by atoms with Crippen molar-refractivity contribution in [3.63, 3.8) is 0 Å². The SMILES string of the molecule is CCCN1CCN(c2ccc(C(=O)N[C@H](C(=O)N3C[C@H](OC)[C@H]4OCC(=O)[C@H]43)C3CCCC3)cc2)CC1.S.S.S.S. The second kappa shape index (κ2) is 17.3. The second-order valence-corrected chi connectivity index (χ2v) is 10.8. The number of benzene rings is 1. The van der Waals surface area contributed by atoms with E-state index in [1.807, 2.05) is 24.3 Å². The zero-order chi connectivity index (χ0) is 25.9. The summed E-state index contributed by atoms with van der Waals surface area (Å²) in [5.74, 6) is -0.485. The summed E-state index contributed by atoms with van der Waals surface area (Å²) >= 11 is 0. The molecule has 13 heteroatoms. The first-order valence-corrected chi connectivity index (χ1v) is 13.9. The van der Waals surface area contributed by atoms with Gasteiger partial charge in [-0.25, -0.2) is 0 Å². The number of piperazine rings is 1. The summed E-state index contributed by atoms with van der Waals surface area (Å²) in [5.41, 5.74) is 1.66. The molecule has 0 aromatic heterocycles. The van der Waals surface area contributed by atoms with Gasteiger partial charge in [-0.3, -0.25) is 19.3 Å². The number of anilines is 1. The molecule has 0 radical (unpaired) electrons. The number of hydrogen-bond acceptors (Lipinski definition) is 7. The lowest BCUT2D eigenvalue weighted by Crippen LogP contribution is -2.54. The standard InChI is InChI=1S/C28H40N4O5.4H2S/c1-3-12-30-13-15-31(16-14-30)21-10-8-20(9-11-21)27(34)29-24(19-6-4-5-7-19)28(35)32-17-23(36-2)26-25(32)22(33)18-37-26;;;;/h8-11,19,23-26H,3-7,12-18H2,1-2H3,(H,29,34);4*1H2/t23-,24-,25+,26+;;;;/m0..../s1. The first kappa shape index (κ1) is 37.9. The van der Waals surface area contributed by atoms with Crippen LogP contribution in [0.5, 0.6) is 0 Å². The lowest BCUT2D eigenvalue weighted by molar-refractivity contribution is -0.139. The van der Waals surface area contributed by atoms with E-state index in [2.05, 4.69) is 22.0 Å². The van der Waals surface area contributed by atoms with E-state index in [0.29, 0.717) is 12.1 Å². The summed E-state index contributed by atoms with van der Waals surface area (Å²) in [4.78, 5) is 46.2. The Kier molecular flexibility index (Phi) is 16.0. The van der Waals surface area contributed by atoms with Gasteiger partial charge in [0, 0.05) is 44.5 Å². The average Bonchev–Trinajstić information content (AvgIpc) is 3.67. The number of methoxy groups -OCH3 is 1. The highest BCUT2D eigenvalue weighted by atomic mass is 32.1. The molecule has 0 spiro atoms. The minimum absolute atomic E-state index is 0. The molecule has 1 aliphatic carbocycles. The highest BCUT2D eigenvalue weighted by Gasteiger charge is 2.54. The predicted octanol–water partition coefficient (Wildman–Crippen LogP) is 2.15. The van der Waals surface area contributed by atoms with Crippen LogP contribution in [0.4, 0.5) is 5.69 Å². The molecule has 0 bridgehead atoms. The fourth-order valence-electron chi connectivity index (χ4n) is 6.49. The van der Waals surface area contributed by atoms with Gasteiger partial charge in [-0.15, -0.1) is 0 Å². The number of ether oxygens (including phenoxy) is 2. The van der Waals surface area contributed by atoms with Crippen LogP contribution >= 0.6 is 54.0 Å². The molecule has 1 saturated carbocycles. The van der Waals surface area contributed by atoms with Crippen molar-refractivity contribution in [2.45, 2.75) is 63.3 Å². The maximum Gasteiger partial charge on any atom is 0.251 e. The summed E-state index contributed by atoms with van der Waals surface area (Å²) in [6.45, 7) is 7.71. The molecule has 3 heterocycles. The normalized spacial score (nSPS) is 24.8. The Hall–Kier alpha value is -1.09. The van der Waals surface area contributed by atoms with Crippen molar-refractivity contribution in [2.75, 3.05) is 57.9 Å². The van der Waals surface area contributed by atoms with E-state index in [1.165, 1.54) is 6.42 Å². The molecule has 3 aliphatic heterocycles. The van der Waals surface area contributed by atoms with E-state index in [4.69, 9.17) is 9.47 Å². The van der Waals surface area contributed by atoms with Crippen LogP contribution in [0.2, 0.25) is 0 Å². The van der Waals surface area contributed by atoms with Gasteiger partial charge in [-0.2, -0.15) is 54.0 Å². The molecule has 234 valence electrons. The minimum atomic E-state index is -0.661. The Morgan fingerprint density at radius 1 is 1.02 bits per heavy atom. The number of amides is 2. The molecule has 5 rings (SSSR count). The van der Waals surface area contributed by atoms with Crippen molar-refractivity contribution in [1.82, 2.24) is 15.1 Å². The molecule has 4 fully saturated rings. The van der Waals surface area contributed by atoms with Gasteiger partial charge < -0.3 is 24.6 Å². The largest absolute Gasteiger partial charge is 0.377 e. The fraction of sp³-hybridized carbons (Fsp3) is 0.679. The van der Waals surface area contributed by atoms with Crippen LogP contribution in [0.15, 0.2) is 24.3 Å². The fourth-order valence-corrected chi connectivity index (χ4v) is 6.49. The lowest BCUT2D eigenvalue weighted by atomic mass is 9.95. The molecular formula is C28H48N4O5S4. The van der Waals surface area contributed by atoms with Crippen LogP contribution in [0, 0.1) is 5.92 Å². The monoisotopic (exact) mass is 648 g/mol. The van der Waals surface area contributed by atoms with Crippen molar-refractivity contribution < 1.29 is 23.9 Å². The van der Waals surface area contributed by atoms with E-state index >= 15 is 0 Å². The number of hydrogen-bond donors (Lipinski definition) is 1. The first-order valence-electron chi connectivity index (χ1n) is 13.9. The number of nitrogens with one attached hydrogen (secondary N) is 1. The lowest BCUT2D eigenvalue weighted by Gasteiger charge is -2.36. The molecule has 4 aliphatic rings. The molecule has 1 N–H and O–H groups in total. The third kappa shape index (κ3) is 8.30. The Balaban J connectivity index is 0.00000210. The maximum absolute atomic E-state index is 13.8. The van der Waals surface area contributed by atoms with Crippen LogP contribution in [-0.2, 0) is 19.1 Å². The van der Waals surface area contributed by atoms with Gasteiger partial charge >= 0.3 is 0 Å². The molecule has 41 heavy (non-hydrogen) atoms. The molecule has 1 aromatic carbocycles. The molecule has 1 aromatic rings. The Morgan fingerprint density at radius 3 is 2.24 bits per heavy atom. The number of fused-ring (bicyclic) bond motifs is 1. The van der Waals surface area contributed by atoms with Crippen molar-refractivity contribution >= 4 is 77.3 Å². The summed E-state index contributed by atoms with van der Waals surface area (Å²) in [5, 5.41) is 3.05. The summed E-state index contributed by atoms with van der Waals surface area (Å²) in [6, 6.07) is 6.40. The van der Waals surface area contributed by atoms with Crippen molar-refractivity contribution in [1.29, 1.82) is 0 Å². The third-order valence-electron chi connectivity index (χ3n) is 8.55. The van der Waals surface area contributed by atoms with E-state index < -0.39 is 18.2 Å². The van der Waals surface area contributed by atoms with Crippen LogP contribution in [0.25, 0.3) is 0 Å². The van der Waals surface area contributed by atoms with E-state index in [-0.39, 0.29) is 90.2 Å². The van der Waals surface area contributed by atoms with Crippen molar-refractivity contribution in [3.8, 4) is 0 Å². The van der Waals surface area contributed by atoms with Crippen LogP contribution in [0.1, 0.15) is 49.4 Å². The van der Waals surface area contributed by atoms with Crippen LogP contribution in [-0.4, -0.2) is 105 Å². The van der Waals surface area contributed by atoms with Gasteiger partial charge in [-0.1, -0.05) is 19.8 Å². The maximum atomic E-state index is 13.8. The zero-order valence-corrected chi connectivity index (χ0v) is 28.1. The molecule has 9 nitrogen and oxygen atoms in total. The molecule has 0 unspecified atom stereocenters. The highest BCUT2D eigenvalue weighted by Crippen LogP contribution is 2.33. The third-order valence-corrected chi connectivity index (χ3v) is 8.55. The van der Waals surface area contributed by atoms with Gasteiger partial charge in [0.2, 0.25) is 5.91 Å². The van der Waals surface area contributed by atoms with Crippen molar-refractivity contribution in [3.05, 3.63) is 29.8 Å². The van der Waals surface area contributed by atoms with Crippen LogP contribution < -0.4 is 10.2 Å². The highest BCUT2D eigenvalue weighted by molar-refractivity contribution is 7.59. The van der Waals surface area contributed by atoms with E-state index in [1.54, 1.807) is 12.0 Å². The Bertz CT molecular complexity index is 990. The number of Topliss-reactive ketones (excluding diaryl/α,β-unsaturated/α-hetero) is 1. The topological polar surface area (TPSA) is 91.4 Å². The van der Waals surface area contributed by atoms with Gasteiger partial charge in [0.1, 0.15) is 30.9 Å². The molecule has 3 saturated heterocycles. The summed E-state index contributed by atoms with van der Waals surface area (Å²) in [7, 11) is 1.58. The van der Waals surface area contributed by atoms with Gasteiger partial charge in [0.05, 0.1) is 6.54 Å². The van der Waals surface area contributed by atoms with E-state index in [9.17, 15) is 14.4 Å². The van der Waals surface area contributed by atoms with Gasteiger partial charge in [0.15, 0.2) is 5.78 Å². The Labute approximate surface area is 272 Å². The first-order chi connectivity index (χ1) is 18.0. The zero-order valence-electron chi connectivity index (χ0n) is 24.1. The molecule has 4 atom stereocenters. The number of rotatable bonds is 8. The van der Waals surface area contributed by atoms with Crippen molar-refractivity contribution in [2.24, 2.45) is 5.92 Å². The summed E-state index contributed by atoms with van der Waals surface area (Å²) < 4.78 is 11.2. The molecule has 2 amide bonds. The number of ketones is 1. The quantitative estimate of drug-likeness (QED) is 0.462. The second-order valence-electron chi connectivity index (χ2n) is 10.8. The predicted molar refractivity (Wildman–Crippen MR) is 181 cm³/mol.